The van der Waals surface area contributed by atoms with Crippen molar-refractivity contribution in [2.24, 2.45) is 11.3 Å². The van der Waals surface area contributed by atoms with Crippen LogP contribution in [0.1, 0.15) is 177 Å². The molecule has 0 aromatic heterocycles. The zero-order valence-corrected chi connectivity index (χ0v) is 31.0. The molecule has 2 bridgehead atoms. The normalized spacial score (nSPS) is 27.0. The summed E-state index contributed by atoms with van der Waals surface area (Å²) in [6.45, 7) is 34.0. The lowest BCUT2D eigenvalue weighted by Gasteiger charge is -2.37. The summed E-state index contributed by atoms with van der Waals surface area (Å²) in [6, 6.07) is 10.3. The molecule has 1 fully saturated rings. The molecule has 2 aromatic carbocycles. The number of fused-ring (bicyclic) bond motifs is 5. The second-order valence-corrected chi connectivity index (χ2v) is 21.9. The minimum Gasteiger partial charge on any atom is -0.0723 e. The lowest BCUT2D eigenvalue weighted by atomic mass is 9.79. The fourth-order valence-corrected chi connectivity index (χ4v) is 19.8. The van der Waals surface area contributed by atoms with Crippen molar-refractivity contribution in [3.8, 4) is 0 Å². The average molecular weight is 601 g/mol. The SMILES string of the molecule is CC(C)c1cc(C(C)C)c(C2=CC3(C)CP2P2C(c4c(C(C)C)cc(C(C)C)cc4C(C)C)=CC(C)C23)c(C(C)C)c1. The number of hydrogen-bond acceptors (Lipinski definition) is 0. The average Bonchev–Trinajstić information content (AvgIpc) is 3.53. The highest BCUT2D eigenvalue weighted by atomic mass is 32.1. The first-order valence-electron chi connectivity index (χ1n) is 16.9. The Kier molecular flexibility index (Phi) is 8.90. The topological polar surface area (TPSA) is 0 Å². The summed E-state index contributed by atoms with van der Waals surface area (Å²) < 4.78 is 0. The van der Waals surface area contributed by atoms with E-state index in [1.807, 2.05) is 0 Å². The maximum atomic E-state index is 2.83. The molecule has 5 rings (SSSR count). The molecule has 0 radical (unpaired) electrons. The summed E-state index contributed by atoms with van der Waals surface area (Å²) in [5.41, 5.74) is 13.9. The van der Waals surface area contributed by atoms with Crippen LogP contribution in [-0.2, 0) is 0 Å². The van der Waals surface area contributed by atoms with Crippen molar-refractivity contribution >= 4 is 25.8 Å². The minimum atomic E-state index is -0.230. The van der Waals surface area contributed by atoms with Gasteiger partial charge in [0.15, 0.2) is 0 Å². The molecule has 3 aliphatic heterocycles. The van der Waals surface area contributed by atoms with Crippen LogP contribution >= 0.6 is 15.2 Å². The van der Waals surface area contributed by atoms with E-state index in [-0.39, 0.29) is 15.2 Å². The van der Waals surface area contributed by atoms with E-state index in [4.69, 9.17) is 0 Å². The van der Waals surface area contributed by atoms with E-state index in [9.17, 15) is 0 Å². The van der Waals surface area contributed by atoms with Crippen LogP contribution in [0.15, 0.2) is 36.4 Å². The molecule has 0 amide bonds. The zero-order valence-electron chi connectivity index (χ0n) is 29.2. The van der Waals surface area contributed by atoms with Crippen LogP contribution in [0.4, 0.5) is 0 Å². The van der Waals surface area contributed by atoms with E-state index in [2.05, 4.69) is 133 Å². The van der Waals surface area contributed by atoms with Gasteiger partial charge < -0.3 is 0 Å². The Morgan fingerprint density at radius 2 is 0.976 bits per heavy atom. The number of allylic oxidation sites excluding steroid dienone is 2. The molecule has 2 heteroatoms. The van der Waals surface area contributed by atoms with Gasteiger partial charge in [0.2, 0.25) is 0 Å². The Hall–Kier alpha value is -1.22. The van der Waals surface area contributed by atoms with Crippen LogP contribution in [0.25, 0.3) is 10.6 Å². The molecule has 3 aliphatic rings. The van der Waals surface area contributed by atoms with Crippen LogP contribution in [0.2, 0.25) is 0 Å². The summed E-state index contributed by atoms with van der Waals surface area (Å²) >= 11 is 0. The van der Waals surface area contributed by atoms with Crippen LogP contribution in [0.5, 0.6) is 0 Å². The van der Waals surface area contributed by atoms with Gasteiger partial charge in [-0.25, -0.2) is 0 Å². The molecule has 0 N–H and O–H groups in total. The fourth-order valence-electron chi connectivity index (χ4n) is 8.06. The number of rotatable bonds is 8. The Balaban J connectivity index is 1.72. The van der Waals surface area contributed by atoms with Crippen LogP contribution in [0, 0.1) is 11.3 Å². The van der Waals surface area contributed by atoms with Gasteiger partial charge in [0.25, 0.3) is 0 Å². The standard InChI is InChI=1S/C40H58P2/c1-22(2)29-16-31(24(5)6)37(32(17-29)25(7)8)35-15-28(13)39-40(14)20-36(41(21-40)42(35)39)38-33(26(9)10)18-30(23(3)4)19-34(38)27(11)12/h15-20,22-28,39H,21H2,1-14H3. The third-order valence-electron chi connectivity index (χ3n) is 10.4. The highest BCUT2D eigenvalue weighted by Crippen LogP contribution is 2.96. The molecular weight excluding hydrogens is 542 g/mol. The van der Waals surface area contributed by atoms with Crippen molar-refractivity contribution in [3.63, 3.8) is 0 Å². The lowest BCUT2D eigenvalue weighted by Crippen LogP contribution is -2.28. The molecule has 228 valence electrons. The monoisotopic (exact) mass is 600 g/mol. The molecule has 5 unspecified atom stereocenters. The van der Waals surface area contributed by atoms with Crippen LogP contribution < -0.4 is 0 Å². The van der Waals surface area contributed by atoms with E-state index in [0.717, 1.165) is 5.66 Å². The fraction of sp³-hybridized carbons (Fsp3) is 0.600. The second kappa shape index (κ2) is 11.6. The van der Waals surface area contributed by atoms with Gasteiger partial charge in [0, 0.05) is 5.66 Å². The third kappa shape index (κ3) is 5.24. The smallest absolute Gasteiger partial charge is 0.00258 e. The first-order chi connectivity index (χ1) is 19.6. The second-order valence-electron chi connectivity index (χ2n) is 15.9. The molecular formula is C40H58P2. The van der Waals surface area contributed by atoms with Crippen molar-refractivity contribution in [2.45, 2.75) is 138 Å². The van der Waals surface area contributed by atoms with Crippen LogP contribution in [-0.4, -0.2) is 11.8 Å². The Morgan fingerprint density at radius 3 is 1.33 bits per heavy atom. The molecule has 0 nitrogen and oxygen atoms in total. The highest BCUT2D eigenvalue weighted by molar-refractivity contribution is 8.39. The van der Waals surface area contributed by atoms with Crippen molar-refractivity contribution in [3.05, 3.63) is 80.9 Å². The number of benzene rings is 2. The molecule has 1 saturated heterocycles. The molecule has 0 aliphatic carbocycles. The molecule has 0 saturated carbocycles. The van der Waals surface area contributed by atoms with Gasteiger partial charge in [-0.15, -0.1) is 0 Å². The molecule has 0 spiro atoms. The predicted octanol–water partition coefficient (Wildman–Crippen LogP) is 13.7. The summed E-state index contributed by atoms with van der Waals surface area (Å²) in [7, 11) is -0.450. The van der Waals surface area contributed by atoms with Gasteiger partial charge >= 0.3 is 0 Å². The highest BCUT2D eigenvalue weighted by Gasteiger charge is 2.60. The van der Waals surface area contributed by atoms with Crippen molar-refractivity contribution in [1.29, 1.82) is 0 Å². The zero-order chi connectivity index (χ0) is 31.0. The van der Waals surface area contributed by atoms with Crippen molar-refractivity contribution in [1.82, 2.24) is 0 Å². The quantitative estimate of drug-likeness (QED) is 0.264. The van der Waals surface area contributed by atoms with Gasteiger partial charge in [-0.05, 0) is 123 Å². The van der Waals surface area contributed by atoms with Crippen molar-refractivity contribution < 1.29 is 0 Å². The third-order valence-corrected chi connectivity index (χ3v) is 19.3. The Morgan fingerprint density at radius 1 is 0.595 bits per heavy atom. The van der Waals surface area contributed by atoms with E-state index < -0.39 is 0 Å². The first-order valence-corrected chi connectivity index (χ1v) is 20.6. The predicted molar refractivity (Wildman–Crippen MR) is 193 cm³/mol. The minimum absolute atomic E-state index is 0.220. The molecule has 3 heterocycles. The lowest BCUT2D eigenvalue weighted by molar-refractivity contribution is 0.422. The van der Waals surface area contributed by atoms with E-state index in [1.54, 1.807) is 44.0 Å². The molecule has 2 aromatic rings. The maximum absolute atomic E-state index is 2.83. The Bertz CT molecular complexity index is 1360. The summed E-state index contributed by atoms with van der Waals surface area (Å²) in [6.07, 6.45) is 7.00. The van der Waals surface area contributed by atoms with Gasteiger partial charge in [0.1, 0.15) is 0 Å². The Labute approximate surface area is 261 Å². The number of hydrogen-bond donors (Lipinski definition) is 0. The molecule has 42 heavy (non-hydrogen) atoms. The molecule has 5 atom stereocenters. The summed E-state index contributed by atoms with van der Waals surface area (Å²) in [4.78, 5) is 0. The van der Waals surface area contributed by atoms with Gasteiger partial charge in [-0.1, -0.05) is 133 Å². The van der Waals surface area contributed by atoms with Gasteiger partial charge in [-0.2, -0.15) is 0 Å². The maximum Gasteiger partial charge on any atom is 0.00258 e. The van der Waals surface area contributed by atoms with E-state index >= 15 is 0 Å². The van der Waals surface area contributed by atoms with Gasteiger partial charge in [0.05, 0.1) is 0 Å². The first kappa shape index (κ1) is 32.2. The van der Waals surface area contributed by atoms with Crippen molar-refractivity contribution in [2.75, 3.05) is 6.16 Å². The van der Waals surface area contributed by atoms with Gasteiger partial charge in [-0.3, -0.25) is 0 Å². The van der Waals surface area contributed by atoms with E-state index in [1.165, 1.54) is 17.3 Å². The largest absolute Gasteiger partial charge is 0.0723 e. The van der Waals surface area contributed by atoms with E-state index in [0.29, 0.717) is 46.8 Å². The van der Waals surface area contributed by atoms with Crippen LogP contribution in [0.3, 0.4) is 0 Å². The summed E-state index contributed by atoms with van der Waals surface area (Å²) in [5.74, 6) is 3.90. The summed E-state index contributed by atoms with van der Waals surface area (Å²) in [5, 5.41) is 3.55.